The van der Waals surface area contributed by atoms with Gasteiger partial charge in [-0.3, -0.25) is 0 Å². The number of hydrogen-bond donors (Lipinski definition) is 2. The predicted molar refractivity (Wildman–Crippen MR) is 120 cm³/mol. The maximum Gasteiger partial charge on any atom is 0.338 e. The SMILES string of the molecule is CCCCC1=C(C(=O)OCC)C(c2ccc(OCc3ccc(C)cc3)cc2)NC(=O)N1. The van der Waals surface area contributed by atoms with Gasteiger partial charge in [0.2, 0.25) is 0 Å². The van der Waals surface area contributed by atoms with E-state index in [4.69, 9.17) is 9.47 Å². The quantitative estimate of drug-likeness (QED) is 0.562. The predicted octanol–water partition coefficient (Wildman–Crippen LogP) is 4.94. The van der Waals surface area contributed by atoms with E-state index in [2.05, 4.69) is 36.6 Å². The molecule has 0 spiro atoms. The maximum absolute atomic E-state index is 12.7. The summed E-state index contributed by atoms with van der Waals surface area (Å²) in [5, 5.41) is 5.66. The van der Waals surface area contributed by atoms with Gasteiger partial charge in [-0.25, -0.2) is 9.59 Å². The number of unbranched alkanes of at least 4 members (excludes halogenated alkanes) is 1. The second-order valence-corrected chi connectivity index (χ2v) is 7.59. The summed E-state index contributed by atoms with van der Waals surface area (Å²) in [7, 11) is 0. The topological polar surface area (TPSA) is 76.7 Å². The van der Waals surface area contributed by atoms with Crippen LogP contribution in [0, 0.1) is 6.92 Å². The fourth-order valence-corrected chi connectivity index (χ4v) is 3.48. The fourth-order valence-electron chi connectivity index (χ4n) is 3.48. The molecule has 31 heavy (non-hydrogen) atoms. The van der Waals surface area contributed by atoms with Crippen LogP contribution in [0.1, 0.15) is 55.8 Å². The lowest BCUT2D eigenvalue weighted by Crippen LogP contribution is -2.46. The van der Waals surface area contributed by atoms with E-state index in [1.807, 2.05) is 36.4 Å². The molecule has 1 aliphatic heterocycles. The highest BCUT2D eigenvalue weighted by molar-refractivity contribution is 5.95. The summed E-state index contributed by atoms with van der Waals surface area (Å²) in [6.45, 7) is 6.64. The van der Waals surface area contributed by atoms with Crippen molar-refractivity contribution in [2.24, 2.45) is 0 Å². The normalized spacial score (nSPS) is 15.8. The van der Waals surface area contributed by atoms with E-state index in [0.29, 0.717) is 24.3 Å². The molecule has 0 saturated carbocycles. The van der Waals surface area contributed by atoms with Gasteiger partial charge < -0.3 is 20.1 Å². The molecule has 2 aromatic rings. The van der Waals surface area contributed by atoms with Crippen molar-refractivity contribution < 1.29 is 19.1 Å². The minimum Gasteiger partial charge on any atom is -0.489 e. The fraction of sp³-hybridized carbons (Fsp3) is 0.360. The lowest BCUT2D eigenvalue weighted by molar-refractivity contribution is -0.139. The Morgan fingerprint density at radius 2 is 1.74 bits per heavy atom. The van der Waals surface area contributed by atoms with E-state index in [-0.39, 0.29) is 12.6 Å². The molecule has 1 aliphatic rings. The van der Waals surface area contributed by atoms with Crippen LogP contribution >= 0.6 is 0 Å². The van der Waals surface area contributed by atoms with Crippen molar-refractivity contribution in [3.8, 4) is 5.75 Å². The van der Waals surface area contributed by atoms with E-state index in [1.165, 1.54) is 5.56 Å². The summed E-state index contributed by atoms with van der Waals surface area (Å²) in [4.78, 5) is 25.0. The number of hydrogen-bond acceptors (Lipinski definition) is 4. The minimum atomic E-state index is -0.564. The van der Waals surface area contributed by atoms with Gasteiger partial charge >= 0.3 is 12.0 Å². The van der Waals surface area contributed by atoms with E-state index in [1.54, 1.807) is 6.92 Å². The third-order valence-electron chi connectivity index (χ3n) is 5.17. The van der Waals surface area contributed by atoms with Crippen LogP contribution in [0.3, 0.4) is 0 Å². The first kappa shape index (κ1) is 22.4. The first-order valence-corrected chi connectivity index (χ1v) is 10.8. The molecule has 1 heterocycles. The number of amides is 2. The first-order valence-electron chi connectivity index (χ1n) is 10.8. The molecule has 0 aliphatic carbocycles. The number of allylic oxidation sites excluding steroid dienone is 1. The second kappa shape index (κ2) is 10.7. The highest BCUT2D eigenvalue weighted by atomic mass is 16.5. The lowest BCUT2D eigenvalue weighted by atomic mass is 9.93. The Hall–Kier alpha value is -3.28. The average Bonchev–Trinajstić information content (AvgIpc) is 2.77. The number of esters is 1. The smallest absolute Gasteiger partial charge is 0.338 e. The van der Waals surface area contributed by atoms with E-state index in [0.717, 1.165) is 29.7 Å². The average molecular weight is 423 g/mol. The van der Waals surface area contributed by atoms with Crippen LogP contribution in [0.25, 0.3) is 0 Å². The van der Waals surface area contributed by atoms with Crippen molar-refractivity contribution in [3.05, 3.63) is 76.5 Å². The molecule has 1 unspecified atom stereocenters. The molecule has 1 atom stereocenters. The summed E-state index contributed by atoms with van der Waals surface area (Å²) < 4.78 is 11.2. The zero-order chi connectivity index (χ0) is 22.2. The van der Waals surface area contributed by atoms with Gasteiger partial charge in [0.1, 0.15) is 12.4 Å². The van der Waals surface area contributed by atoms with E-state index >= 15 is 0 Å². The molecular weight excluding hydrogens is 392 g/mol. The minimum absolute atomic E-state index is 0.274. The zero-order valence-corrected chi connectivity index (χ0v) is 18.4. The Kier molecular flexibility index (Phi) is 7.70. The molecule has 2 amide bonds. The Morgan fingerprint density at radius 3 is 2.39 bits per heavy atom. The number of ether oxygens (including phenoxy) is 2. The maximum atomic E-state index is 12.7. The highest BCUT2D eigenvalue weighted by Crippen LogP contribution is 2.30. The van der Waals surface area contributed by atoms with Crippen molar-refractivity contribution in [1.82, 2.24) is 10.6 Å². The molecule has 3 rings (SSSR count). The van der Waals surface area contributed by atoms with E-state index in [9.17, 15) is 9.59 Å². The molecule has 2 aromatic carbocycles. The van der Waals surface area contributed by atoms with Gasteiger partial charge in [0, 0.05) is 5.70 Å². The highest BCUT2D eigenvalue weighted by Gasteiger charge is 2.33. The van der Waals surface area contributed by atoms with Crippen molar-refractivity contribution >= 4 is 12.0 Å². The summed E-state index contributed by atoms with van der Waals surface area (Å²) in [5.41, 5.74) is 4.20. The van der Waals surface area contributed by atoms with Crippen LogP contribution in [0.4, 0.5) is 4.79 Å². The zero-order valence-electron chi connectivity index (χ0n) is 18.4. The third kappa shape index (κ3) is 5.87. The Bertz CT molecular complexity index is 933. The lowest BCUT2D eigenvalue weighted by Gasteiger charge is -2.29. The molecule has 0 saturated heterocycles. The van der Waals surface area contributed by atoms with Gasteiger partial charge in [0.15, 0.2) is 0 Å². The summed E-state index contributed by atoms with van der Waals surface area (Å²) in [6.07, 6.45) is 2.45. The molecule has 6 nitrogen and oxygen atoms in total. The number of carbonyl (C=O) groups is 2. The summed E-state index contributed by atoms with van der Waals surface area (Å²) in [5.74, 6) is 0.309. The molecule has 164 valence electrons. The Labute approximate surface area is 183 Å². The number of urea groups is 1. The van der Waals surface area contributed by atoms with Crippen LogP contribution in [-0.2, 0) is 16.1 Å². The Morgan fingerprint density at radius 1 is 1.03 bits per heavy atom. The van der Waals surface area contributed by atoms with E-state index < -0.39 is 12.0 Å². The van der Waals surface area contributed by atoms with Crippen LogP contribution < -0.4 is 15.4 Å². The largest absolute Gasteiger partial charge is 0.489 e. The summed E-state index contributed by atoms with van der Waals surface area (Å²) in [6, 6.07) is 14.8. The van der Waals surface area contributed by atoms with Gasteiger partial charge in [0.25, 0.3) is 0 Å². The van der Waals surface area contributed by atoms with Crippen LogP contribution in [0.15, 0.2) is 59.8 Å². The molecule has 0 radical (unpaired) electrons. The van der Waals surface area contributed by atoms with Gasteiger partial charge in [-0.05, 0) is 49.9 Å². The number of carbonyl (C=O) groups excluding carboxylic acids is 2. The first-order chi connectivity index (χ1) is 15.0. The molecule has 6 heteroatoms. The Balaban J connectivity index is 1.80. The standard InChI is InChI=1S/C25H30N2O4/c1-4-6-7-21-22(24(28)30-5-2)23(27-25(29)26-21)19-12-14-20(15-13-19)31-16-18-10-8-17(3)9-11-18/h8-15,23H,4-7,16H2,1-3H3,(H2,26,27,29). The third-order valence-corrected chi connectivity index (χ3v) is 5.17. The molecule has 0 fully saturated rings. The number of rotatable bonds is 9. The molecule has 0 bridgehead atoms. The van der Waals surface area contributed by atoms with Crippen LogP contribution in [0.2, 0.25) is 0 Å². The van der Waals surface area contributed by atoms with Crippen molar-refractivity contribution in [1.29, 1.82) is 0 Å². The summed E-state index contributed by atoms with van der Waals surface area (Å²) >= 11 is 0. The van der Waals surface area contributed by atoms with Crippen LogP contribution in [0.5, 0.6) is 5.75 Å². The number of benzene rings is 2. The van der Waals surface area contributed by atoms with Crippen molar-refractivity contribution in [2.45, 2.75) is 52.7 Å². The second-order valence-electron chi connectivity index (χ2n) is 7.59. The monoisotopic (exact) mass is 422 g/mol. The van der Waals surface area contributed by atoms with Gasteiger partial charge in [-0.15, -0.1) is 0 Å². The van der Waals surface area contributed by atoms with Gasteiger partial charge in [-0.1, -0.05) is 55.3 Å². The van der Waals surface area contributed by atoms with Crippen LogP contribution in [-0.4, -0.2) is 18.6 Å². The molecule has 2 N–H and O–H groups in total. The molecule has 0 aromatic heterocycles. The number of aryl methyl sites for hydroxylation is 1. The van der Waals surface area contributed by atoms with Gasteiger partial charge in [0.05, 0.1) is 18.2 Å². The van der Waals surface area contributed by atoms with Crippen molar-refractivity contribution in [2.75, 3.05) is 6.61 Å². The van der Waals surface area contributed by atoms with Crippen molar-refractivity contribution in [3.63, 3.8) is 0 Å². The number of nitrogens with one attached hydrogen (secondary N) is 2. The van der Waals surface area contributed by atoms with Gasteiger partial charge in [-0.2, -0.15) is 0 Å². The molecular formula is C25H30N2O4.